The molecular weight excluding hydrogens is 418 g/mol. The Bertz CT molecular complexity index is 1390. The number of benzene rings is 2. The van der Waals surface area contributed by atoms with Crippen LogP contribution in [0.2, 0.25) is 0 Å². The van der Waals surface area contributed by atoms with E-state index in [9.17, 15) is 9.59 Å². The number of fused-ring (bicyclic) bond motifs is 2. The topological polar surface area (TPSA) is 64.8 Å². The van der Waals surface area contributed by atoms with E-state index in [2.05, 4.69) is 11.1 Å². The van der Waals surface area contributed by atoms with Crippen molar-refractivity contribution >= 4 is 28.4 Å². The molecule has 1 aliphatic rings. The molecule has 0 fully saturated rings. The molecule has 160 valence electrons. The zero-order valence-electron chi connectivity index (χ0n) is 17.9. The summed E-state index contributed by atoms with van der Waals surface area (Å²) >= 11 is 1.28. The minimum atomic E-state index is -0.183. The SMILES string of the molecule is Cc1ccnc(-n2c(SCC(=O)c3ccc4c(c3)CCCC4)nc3ccccc3c2=O)c1. The molecule has 2 aromatic heterocycles. The van der Waals surface area contributed by atoms with Gasteiger partial charge in [-0.3, -0.25) is 9.59 Å². The monoisotopic (exact) mass is 441 g/mol. The van der Waals surface area contributed by atoms with Gasteiger partial charge in [-0.2, -0.15) is 0 Å². The van der Waals surface area contributed by atoms with Crippen LogP contribution in [0.4, 0.5) is 0 Å². The minimum Gasteiger partial charge on any atom is -0.293 e. The Morgan fingerprint density at radius 2 is 1.84 bits per heavy atom. The highest BCUT2D eigenvalue weighted by atomic mass is 32.2. The van der Waals surface area contributed by atoms with E-state index in [1.54, 1.807) is 12.3 Å². The molecule has 0 aliphatic heterocycles. The molecule has 0 saturated carbocycles. The zero-order chi connectivity index (χ0) is 22.1. The van der Waals surface area contributed by atoms with Crippen molar-refractivity contribution in [2.75, 3.05) is 5.75 Å². The second-order valence-electron chi connectivity index (χ2n) is 8.15. The summed E-state index contributed by atoms with van der Waals surface area (Å²) in [5.41, 5.74) is 4.80. The van der Waals surface area contributed by atoms with Gasteiger partial charge in [0.25, 0.3) is 5.56 Å². The normalized spacial score (nSPS) is 13.2. The van der Waals surface area contributed by atoms with E-state index in [0.717, 1.165) is 24.0 Å². The van der Waals surface area contributed by atoms with Crippen LogP contribution >= 0.6 is 11.8 Å². The largest absolute Gasteiger partial charge is 0.293 e. The summed E-state index contributed by atoms with van der Waals surface area (Å²) in [6.45, 7) is 1.96. The predicted octanol–water partition coefficient (Wildman–Crippen LogP) is 4.94. The number of hydrogen-bond donors (Lipinski definition) is 0. The van der Waals surface area contributed by atoms with Crippen LogP contribution in [-0.2, 0) is 12.8 Å². The summed E-state index contributed by atoms with van der Waals surface area (Å²) in [4.78, 5) is 35.4. The van der Waals surface area contributed by atoms with Crippen LogP contribution in [0.3, 0.4) is 0 Å². The highest BCUT2D eigenvalue weighted by molar-refractivity contribution is 7.99. The maximum Gasteiger partial charge on any atom is 0.267 e. The van der Waals surface area contributed by atoms with Gasteiger partial charge in [-0.05, 0) is 79.6 Å². The number of aromatic nitrogens is 3. The Kier molecular flexibility index (Phi) is 5.62. The molecule has 32 heavy (non-hydrogen) atoms. The number of para-hydroxylation sites is 1. The minimum absolute atomic E-state index is 0.0366. The number of Topliss-reactive ketones (excluding diaryl/α,β-unsaturated/α-hetero) is 1. The zero-order valence-corrected chi connectivity index (χ0v) is 18.7. The van der Waals surface area contributed by atoms with Gasteiger partial charge in [-0.1, -0.05) is 36.0 Å². The molecule has 0 saturated heterocycles. The molecule has 0 atom stereocenters. The van der Waals surface area contributed by atoms with Gasteiger partial charge in [0.05, 0.1) is 16.7 Å². The number of rotatable bonds is 5. The van der Waals surface area contributed by atoms with Crippen LogP contribution in [0.1, 0.15) is 39.9 Å². The van der Waals surface area contributed by atoms with E-state index in [0.29, 0.717) is 21.9 Å². The first-order valence-electron chi connectivity index (χ1n) is 10.8. The third kappa shape index (κ3) is 3.98. The Balaban J connectivity index is 1.50. The van der Waals surface area contributed by atoms with Gasteiger partial charge >= 0.3 is 0 Å². The van der Waals surface area contributed by atoms with Crippen molar-refractivity contribution in [2.45, 2.75) is 37.8 Å². The molecule has 5 nitrogen and oxygen atoms in total. The Labute approximate surface area is 190 Å². The van der Waals surface area contributed by atoms with Gasteiger partial charge < -0.3 is 0 Å². The van der Waals surface area contributed by atoms with E-state index >= 15 is 0 Å². The van der Waals surface area contributed by atoms with E-state index < -0.39 is 0 Å². The lowest BCUT2D eigenvalue weighted by Gasteiger charge is -2.16. The molecular formula is C26H23N3O2S. The molecule has 0 radical (unpaired) electrons. The number of thioether (sulfide) groups is 1. The highest BCUT2D eigenvalue weighted by Crippen LogP contribution is 2.25. The Morgan fingerprint density at radius 1 is 1.03 bits per heavy atom. The Hall–Kier alpha value is -3.25. The predicted molar refractivity (Wildman–Crippen MR) is 128 cm³/mol. The van der Waals surface area contributed by atoms with E-state index in [1.165, 1.54) is 40.3 Å². The standard InChI is InChI=1S/C26H23N3O2S/c1-17-12-13-27-24(14-17)29-25(31)21-8-4-5-9-22(21)28-26(29)32-16-23(30)20-11-10-18-6-2-3-7-19(18)15-20/h4-5,8-15H,2-3,6-7,16H2,1H3. The fourth-order valence-electron chi connectivity index (χ4n) is 4.17. The van der Waals surface area contributed by atoms with Crippen LogP contribution in [0.25, 0.3) is 16.7 Å². The first-order chi connectivity index (χ1) is 15.6. The third-order valence-electron chi connectivity index (χ3n) is 5.88. The summed E-state index contributed by atoms with van der Waals surface area (Å²) in [5.74, 6) is 0.751. The van der Waals surface area contributed by atoms with Gasteiger partial charge in [0.1, 0.15) is 5.82 Å². The van der Waals surface area contributed by atoms with Gasteiger partial charge in [0.2, 0.25) is 0 Å². The summed E-state index contributed by atoms with van der Waals surface area (Å²) < 4.78 is 1.51. The van der Waals surface area contributed by atoms with E-state index in [1.807, 2.05) is 49.4 Å². The number of carbonyl (C=O) groups is 1. The van der Waals surface area contributed by atoms with Crippen LogP contribution < -0.4 is 5.56 Å². The average molecular weight is 442 g/mol. The molecule has 2 heterocycles. The summed E-state index contributed by atoms with van der Waals surface area (Å²) in [6, 6.07) is 17.1. The van der Waals surface area contributed by atoms with E-state index in [4.69, 9.17) is 4.98 Å². The quantitative estimate of drug-likeness (QED) is 0.249. The second-order valence-corrected chi connectivity index (χ2v) is 9.09. The molecule has 2 aromatic carbocycles. The van der Waals surface area contributed by atoms with Crippen LogP contribution in [-0.4, -0.2) is 26.1 Å². The molecule has 6 heteroatoms. The number of pyridine rings is 1. The number of ketones is 1. The fraction of sp³-hybridized carbons (Fsp3) is 0.231. The number of nitrogens with zero attached hydrogens (tertiary/aromatic N) is 3. The van der Waals surface area contributed by atoms with Gasteiger partial charge in [0.15, 0.2) is 10.9 Å². The van der Waals surface area contributed by atoms with Crippen molar-refractivity contribution in [1.29, 1.82) is 0 Å². The summed E-state index contributed by atoms with van der Waals surface area (Å²) in [7, 11) is 0. The van der Waals surface area contributed by atoms with Gasteiger partial charge in [-0.15, -0.1) is 0 Å². The molecule has 1 aliphatic carbocycles. The number of hydrogen-bond acceptors (Lipinski definition) is 5. The maximum atomic E-state index is 13.3. The van der Waals surface area contributed by atoms with Gasteiger partial charge in [-0.25, -0.2) is 14.5 Å². The lowest BCUT2D eigenvalue weighted by atomic mass is 9.90. The van der Waals surface area contributed by atoms with Crippen molar-refractivity contribution in [1.82, 2.24) is 14.5 Å². The average Bonchev–Trinajstić information content (AvgIpc) is 2.82. The smallest absolute Gasteiger partial charge is 0.267 e. The lowest BCUT2D eigenvalue weighted by molar-refractivity contribution is 0.102. The molecule has 0 amide bonds. The number of aryl methyl sites for hydroxylation is 3. The molecule has 0 N–H and O–H groups in total. The molecule has 0 spiro atoms. The van der Waals surface area contributed by atoms with Gasteiger partial charge in [0, 0.05) is 11.8 Å². The third-order valence-corrected chi connectivity index (χ3v) is 6.82. The van der Waals surface area contributed by atoms with Crippen LogP contribution in [0.15, 0.2) is 70.7 Å². The Morgan fingerprint density at radius 3 is 2.69 bits per heavy atom. The van der Waals surface area contributed by atoms with Crippen molar-refractivity contribution in [3.05, 3.63) is 93.4 Å². The maximum absolute atomic E-state index is 13.3. The fourth-order valence-corrected chi connectivity index (χ4v) is 5.07. The van der Waals surface area contributed by atoms with Crippen molar-refractivity contribution < 1.29 is 4.79 Å². The molecule has 0 unspecified atom stereocenters. The summed E-state index contributed by atoms with van der Waals surface area (Å²) in [6.07, 6.45) is 6.20. The molecule has 0 bridgehead atoms. The molecule has 5 rings (SSSR count). The van der Waals surface area contributed by atoms with Crippen molar-refractivity contribution in [2.24, 2.45) is 0 Å². The van der Waals surface area contributed by atoms with Crippen molar-refractivity contribution in [3.63, 3.8) is 0 Å². The molecule has 4 aromatic rings. The summed E-state index contributed by atoms with van der Waals surface area (Å²) in [5, 5.41) is 0.999. The second kappa shape index (κ2) is 8.71. The number of carbonyl (C=O) groups excluding carboxylic acids is 1. The van der Waals surface area contributed by atoms with E-state index in [-0.39, 0.29) is 17.1 Å². The highest BCUT2D eigenvalue weighted by Gasteiger charge is 2.17. The van der Waals surface area contributed by atoms with Crippen LogP contribution in [0, 0.1) is 6.92 Å². The first kappa shape index (κ1) is 20.6. The van der Waals surface area contributed by atoms with Crippen molar-refractivity contribution in [3.8, 4) is 5.82 Å². The first-order valence-corrected chi connectivity index (χ1v) is 11.8. The lowest BCUT2D eigenvalue weighted by Crippen LogP contribution is -2.23. The van der Waals surface area contributed by atoms with Crippen LogP contribution in [0.5, 0.6) is 0 Å².